The lowest BCUT2D eigenvalue weighted by Gasteiger charge is -2.11. The number of carbonyl (C=O) groups is 1. The Bertz CT molecular complexity index is 800. The zero-order chi connectivity index (χ0) is 18.0. The van der Waals surface area contributed by atoms with E-state index >= 15 is 0 Å². The van der Waals surface area contributed by atoms with Crippen LogP contribution in [0.4, 0.5) is 10.1 Å². The minimum atomic E-state index is -1.26. The smallest absolute Gasteiger partial charge is 0.296 e. The number of hydrogen-bond donors (Lipinski definition) is 3. The van der Waals surface area contributed by atoms with Crippen LogP contribution in [0.2, 0.25) is 0 Å². The number of carbonyl (C=O) groups excluding carboxylic acids is 1. The summed E-state index contributed by atoms with van der Waals surface area (Å²) in [5, 5.41) is 16.4. The highest BCUT2D eigenvalue weighted by Gasteiger charge is 2.46. The molecule has 9 nitrogen and oxygen atoms in total. The average Bonchev–Trinajstić information content (AvgIpc) is 3.16. The molecule has 0 bridgehead atoms. The van der Waals surface area contributed by atoms with Gasteiger partial charge in [0.2, 0.25) is 5.91 Å². The predicted octanol–water partition coefficient (Wildman–Crippen LogP) is 0.696. The largest absolute Gasteiger partial charge is 0.322 e. The number of nitrogens with one attached hydrogen (secondary N) is 3. The van der Waals surface area contributed by atoms with E-state index in [1.807, 2.05) is 0 Å². The molecule has 1 aromatic heterocycles. The van der Waals surface area contributed by atoms with Gasteiger partial charge >= 0.3 is 0 Å². The molecular weight excluding hydrogens is 355 g/mol. The number of hydrazine groups is 1. The fraction of sp³-hybridized carbons (Fsp3) is 0.286. The first-order valence-corrected chi connectivity index (χ1v) is 7.74. The summed E-state index contributed by atoms with van der Waals surface area (Å²) in [6, 6.07) is 5.32. The van der Waals surface area contributed by atoms with Crippen LogP contribution in [0.15, 0.2) is 36.7 Å². The Balaban J connectivity index is 1.63. The third-order valence-corrected chi connectivity index (χ3v) is 4.20. The average molecular weight is 369 g/mol. The molecule has 0 spiro atoms. The van der Waals surface area contributed by atoms with E-state index in [4.69, 9.17) is 11.6 Å². The Morgan fingerprint density at radius 3 is 2.88 bits per heavy atom. The number of hydrogen-bond acceptors (Lipinski definition) is 6. The highest BCUT2D eigenvalue weighted by molar-refractivity contribution is 6.23. The van der Waals surface area contributed by atoms with E-state index in [2.05, 4.69) is 21.3 Å². The predicted molar refractivity (Wildman–Crippen MR) is 86.8 cm³/mol. The fourth-order valence-corrected chi connectivity index (χ4v) is 2.76. The van der Waals surface area contributed by atoms with Crippen molar-refractivity contribution >= 4 is 23.2 Å². The van der Waals surface area contributed by atoms with Crippen LogP contribution in [-0.4, -0.2) is 38.2 Å². The van der Waals surface area contributed by atoms with E-state index < -0.39 is 28.4 Å². The van der Waals surface area contributed by atoms with Crippen molar-refractivity contribution in [1.82, 2.24) is 20.6 Å². The van der Waals surface area contributed by atoms with Gasteiger partial charge in [-0.15, -0.1) is 11.6 Å². The molecule has 1 saturated heterocycles. The number of nitro groups is 1. The van der Waals surface area contributed by atoms with Crippen LogP contribution in [0.5, 0.6) is 0 Å². The normalized spacial score (nSPS) is 22.7. The first kappa shape index (κ1) is 17.3. The van der Waals surface area contributed by atoms with Crippen molar-refractivity contribution in [2.75, 3.05) is 5.32 Å². The molecule has 3 atom stereocenters. The molecule has 1 aliphatic rings. The molecule has 3 unspecified atom stereocenters. The molecule has 0 aliphatic carbocycles. The van der Waals surface area contributed by atoms with Gasteiger partial charge in [0, 0.05) is 16.7 Å². The van der Waals surface area contributed by atoms with Crippen molar-refractivity contribution in [2.45, 2.75) is 24.1 Å². The maximum Gasteiger partial charge on any atom is 0.296 e. The molecule has 3 N–H and O–H groups in total. The summed E-state index contributed by atoms with van der Waals surface area (Å²) in [7, 11) is 0. The minimum Gasteiger partial charge on any atom is -0.322 e. The molecule has 0 saturated carbocycles. The Morgan fingerprint density at radius 1 is 1.44 bits per heavy atom. The van der Waals surface area contributed by atoms with Gasteiger partial charge in [-0.2, -0.15) is 10.5 Å². The van der Waals surface area contributed by atoms with Crippen LogP contribution in [0.1, 0.15) is 5.56 Å². The molecule has 132 valence electrons. The number of nitrogens with zero attached hydrogens (tertiary/aromatic N) is 3. The monoisotopic (exact) mass is 368 g/mol. The van der Waals surface area contributed by atoms with Crippen molar-refractivity contribution in [3.05, 3.63) is 58.2 Å². The topological polar surface area (TPSA) is 114 Å². The Labute approximate surface area is 146 Å². The van der Waals surface area contributed by atoms with Crippen molar-refractivity contribution in [3.63, 3.8) is 0 Å². The standard InChI is InChI=1S/C14H14ClFN6O3/c15-11-12(19-20-13(11)22(24)25)14(23)18-9-5-17-21(7-9)6-8-3-1-2-4-10(8)16/h1-5,7,11-13,19-20H,6H2,(H,18,23). The lowest BCUT2D eigenvalue weighted by Crippen LogP contribution is -2.42. The van der Waals surface area contributed by atoms with Crippen LogP contribution in [0.25, 0.3) is 0 Å². The first-order valence-electron chi connectivity index (χ1n) is 7.31. The van der Waals surface area contributed by atoms with Gasteiger partial charge < -0.3 is 5.32 Å². The first-order chi connectivity index (χ1) is 12.0. The molecule has 11 heteroatoms. The van der Waals surface area contributed by atoms with Crippen molar-refractivity contribution in [2.24, 2.45) is 0 Å². The summed E-state index contributed by atoms with van der Waals surface area (Å²) in [5.41, 5.74) is 5.69. The number of amides is 1. The van der Waals surface area contributed by atoms with Crippen LogP contribution in [0.3, 0.4) is 0 Å². The maximum atomic E-state index is 13.6. The SMILES string of the molecule is O=C(Nc1cnn(Cc2ccccc2F)c1)C1NNC([N+](=O)[O-])C1Cl. The zero-order valence-corrected chi connectivity index (χ0v) is 13.5. The molecule has 1 fully saturated rings. The summed E-state index contributed by atoms with van der Waals surface area (Å²) in [6.07, 6.45) is 1.66. The number of rotatable bonds is 5. The molecule has 1 aliphatic heterocycles. The summed E-state index contributed by atoms with van der Waals surface area (Å²) >= 11 is 5.94. The maximum absolute atomic E-state index is 13.6. The number of alkyl halides is 1. The van der Waals surface area contributed by atoms with E-state index in [0.717, 1.165) is 0 Å². The molecule has 25 heavy (non-hydrogen) atoms. The lowest BCUT2D eigenvalue weighted by molar-refractivity contribution is -0.525. The molecule has 1 amide bonds. The van der Waals surface area contributed by atoms with E-state index in [1.54, 1.807) is 18.2 Å². The molecule has 3 rings (SSSR count). The van der Waals surface area contributed by atoms with Gasteiger partial charge in [0.1, 0.15) is 17.2 Å². The summed E-state index contributed by atoms with van der Waals surface area (Å²) in [6.45, 7) is 0.202. The van der Waals surface area contributed by atoms with Gasteiger partial charge in [0.05, 0.1) is 18.4 Å². The molecule has 0 radical (unpaired) electrons. The van der Waals surface area contributed by atoms with E-state index in [-0.39, 0.29) is 12.4 Å². The van der Waals surface area contributed by atoms with Gasteiger partial charge in [-0.05, 0) is 6.07 Å². The van der Waals surface area contributed by atoms with Crippen LogP contribution in [0, 0.1) is 15.9 Å². The Kier molecular flexibility index (Phi) is 4.93. The number of aromatic nitrogens is 2. The summed E-state index contributed by atoms with van der Waals surface area (Å²) < 4.78 is 15.1. The van der Waals surface area contributed by atoms with Crippen molar-refractivity contribution < 1.29 is 14.1 Å². The van der Waals surface area contributed by atoms with E-state index in [1.165, 1.54) is 23.1 Å². The third-order valence-electron chi connectivity index (χ3n) is 3.71. The van der Waals surface area contributed by atoms with Crippen LogP contribution < -0.4 is 16.2 Å². The van der Waals surface area contributed by atoms with Crippen molar-refractivity contribution in [1.29, 1.82) is 0 Å². The third kappa shape index (κ3) is 3.76. The highest BCUT2D eigenvalue weighted by atomic mass is 35.5. The second kappa shape index (κ2) is 7.13. The second-order valence-corrected chi connectivity index (χ2v) is 5.95. The van der Waals surface area contributed by atoms with Crippen LogP contribution in [-0.2, 0) is 11.3 Å². The van der Waals surface area contributed by atoms with Gasteiger partial charge in [0.15, 0.2) is 0 Å². The molecule has 2 heterocycles. The van der Waals surface area contributed by atoms with Crippen LogP contribution >= 0.6 is 11.6 Å². The van der Waals surface area contributed by atoms with Gasteiger partial charge in [0.25, 0.3) is 6.17 Å². The van der Waals surface area contributed by atoms with Gasteiger partial charge in [-0.1, -0.05) is 18.2 Å². The molecule has 1 aromatic carbocycles. The summed E-state index contributed by atoms with van der Waals surface area (Å²) in [5.74, 6) is -0.886. The second-order valence-electron chi connectivity index (χ2n) is 5.45. The number of halogens is 2. The quantitative estimate of drug-likeness (QED) is 0.406. The Hall–Kier alpha value is -2.56. The zero-order valence-electron chi connectivity index (χ0n) is 12.7. The van der Waals surface area contributed by atoms with E-state index in [0.29, 0.717) is 11.3 Å². The molecule has 2 aromatic rings. The summed E-state index contributed by atoms with van der Waals surface area (Å²) in [4.78, 5) is 22.4. The van der Waals surface area contributed by atoms with Gasteiger partial charge in [-0.25, -0.2) is 9.82 Å². The van der Waals surface area contributed by atoms with Gasteiger partial charge in [-0.3, -0.25) is 19.6 Å². The van der Waals surface area contributed by atoms with E-state index in [9.17, 15) is 19.3 Å². The van der Waals surface area contributed by atoms with Crippen molar-refractivity contribution in [3.8, 4) is 0 Å². The number of benzene rings is 1. The molecular formula is C14H14ClFN6O3. The highest BCUT2D eigenvalue weighted by Crippen LogP contribution is 2.17. The lowest BCUT2D eigenvalue weighted by atomic mass is 10.2. The Morgan fingerprint density at radius 2 is 2.20 bits per heavy atom. The number of anilines is 1. The minimum absolute atomic E-state index is 0.202. The fourth-order valence-electron chi connectivity index (χ4n) is 2.43.